The van der Waals surface area contributed by atoms with Crippen LogP contribution in [0.25, 0.3) is 0 Å². The van der Waals surface area contributed by atoms with E-state index in [1.165, 1.54) is 30.5 Å². The molecule has 2 aliphatic heterocycles. The fourth-order valence-electron chi connectivity index (χ4n) is 4.15. The van der Waals surface area contributed by atoms with E-state index < -0.39 is 0 Å². The Bertz CT molecular complexity index is 701. The first-order valence-corrected chi connectivity index (χ1v) is 10.2. The smallest absolute Gasteiger partial charge is 0.120 e. The van der Waals surface area contributed by atoms with Crippen LogP contribution in [0.1, 0.15) is 24.0 Å². The van der Waals surface area contributed by atoms with Gasteiger partial charge < -0.3 is 9.47 Å². The van der Waals surface area contributed by atoms with Gasteiger partial charge in [0.15, 0.2) is 0 Å². The monoisotopic (exact) mass is 366 g/mol. The van der Waals surface area contributed by atoms with Gasteiger partial charge in [-0.1, -0.05) is 42.5 Å². The Hall–Kier alpha value is -1.88. The quantitative estimate of drug-likeness (QED) is 0.780. The first-order valence-electron chi connectivity index (χ1n) is 10.2. The molecular formula is C23H30N2O2. The topological polar surface area (TPSA) is 24.9 Å². The van der Waals surface area contributed by atoms with Crippen LogP contribution >= 0.6 is 0 Å². The number of hydrogen-bond acceptors (Lipinski definition) is 4. The van der Waals surface area contributed by atoms with Crippen molar-refractivity contribution in [2.45, 2.75) is 32.0 Å². The van der Waals surface area contributed by atoms with Gasteiger partial charge in [-0.25, -0.2) is 0 Å². The van der Waals surface area contributed by atoms with Gasteiger partial charge in [0.05, 0.1) is 13.2 Å². The Labute approximate surface area is 162 Å². The average Bonchev–Trinajstić information content (AvgIpc) is 2.74. The van der Waals surface area contributed by atoms with Crippen LogP contribution < -0.4 is 4.74 Å². The van der Waals surface area contributed by atoms with E-state index in [0.717, 1.165) is 45.1 Å². The second-order valence-corrected chi connectivity index (χ2v) is 7.60. The lowest BCUT2D eigenvalue weighted by Crippen LogP contribution is -2.51. The standard InChI is InChI=1S/C23H30N2O2/c1-2-6-20(7-3-1)19-27-23-10-4-8-21(16-23)17-24-11-5-9-22(18-24)25-12-14-26-15-13-25/h1-4,6-8,10,16,22H,5,9,11-15,17-19H2/t22-/m1/s1. The molecule has 2 aromatic carbocycles. The molecule has 0 unspecified atom stereocenters. The molecule has 0 spiro atoms. The fraction of sp³-hybridized carbons (Fsp3) is 0.478. The van der Waals surface area contributed by atoms with E-state index in [0.29, 0.717) is 12.6 Å². The number of ether oxygens (including phenoxy) is 2. The molecule has 4 heteroatoms. The van der Waals surface area contributed by atoms with Gasteiger partial charge in [-0.2, -0.15) is 0 Å². The molecule has 4 rings (SSSR count). The molecule has 0 aliphatic carbocycles. The third kappa shape index (κ3) is 5.32. The van der Waals surface area contributed by atoms with E-state index in [9.17, 15) is 0 Å². The number of hydrogen-bond donors (Lipinski definition) is 0. The summed E-state index contributed by atoms with van der Waals surface area (Å²) in [4.78, 5) is 5.22. The molecule has 2 heterocycles. The zero-order chi connectivity index (χ0) is 18.3. The molecule has 27 heavy (non-hydrogen) atoms. The van der Waals surface area contributed by atoms with Crippen molar-refractivity contribution < 1.29 is 9.47 Å². The highest BCUT2D eigenvalue weighted by atomic mass is 16.5. The third-order valence-electron chi connectivity index (χ3n) is 5.60. The van der Waals surface area contributed by atoms with Crippen LogP contribution in [0, 0.1) is 0 Å². The predicted octanol–water partition coefficient (Wildman–Crippen LogP) is 3.56. The SMILES string of the molecule is c1ccc(COc2cccc(CN3CCC[C@@H](N4CCOCC4)C3)c2)cc1. The summed E-state index contributed by atoms with van der Waals surface area (Å²) in [6, 6.07) is 19.6. The molecule has 0 saturated carbocycles. The van der Waals surface area contributed by atoms with Crippen LogP contribution in [0.4, 0.5) is 0 Å². The van der Waals surface area contributed by atoms with Crippen molar-refractivity contribution >= 4 is 0 Å². The lowest BCUT2D eigenvalue weighted by atomic mass is 10.0. The Morgan fingerprint density at radius 2 is 1.74 bits per heavy atom. The van der Waals surface area contributed by atoms with Crippen molar-refractivity contribution in [1.82, 2.24) is 9.80 Å². The summed E-state index contributed by atoms with van der Waals surface area (Å²) in [5.41, 5.74) is 2.54. The third-order valence-corrected chi connectivity index (χ3v) is 5.60. The molecule has 1 atom stereocenters. The number of nitrogens with zero attached hydrogens (tertiary/aromatic N) is 2. The number of benzene rings is 2. The molecule has 4 nitrogen and oxygen atoms in total. The predicted molar refractivity (Wildman–Crippen MR) is 108 cm³/mol. The van der Waals surface area contributed by atoms with E-state index in [2.05, 4.69) is 58.3 Å². The molecule has 2 aliphatic rings. The maximum atomic E-state index is 6.00. The average molecular weight is 367 g/mol. The first kappa shape index (κ1) is 18.5. The normalized spacial score (nSPS) is 21.9. The Morgan fingerprint density at radius 3 is 2.59 bits per heavy atom. The van der Waals surface area contributed by atoms with Gasteiger partial charge in [0, 0.05) is 32.2 Å². The summed E-state index contributed by atoms with van der Waals surface area (Å²) in [5, 5.41) is 0. The van der Waals surface area contributed by atoms with E-state index in [-0.39, 0.29) is 0 Å². The summed E-state index contributed by atoms with van der Waals surface area (Å²) in [5.74, 6) is 0.957. The van der Waals surface area contributed by atoms with Crippen molar-refractivity contribution in [3.8, 4) is 5.75 Å². The maximum absolute atomic E-state index is 6.00. The summed E-state index contributed by atoms with van der Waals surface area (Å²) in [7, 11) is 0. The molecule has 0 bridgehead atoms. The lowest BCUT2D eigenvalue weighted by Gasteiger charge is -2.41. The van der Waals surface area contributed by atoms with Crippen LogP contribution in [-0.4, -0.2) is 55.2 Å². The van der Waals surface area contributed by atoms with Gasteiger partial charge in [0.2, 0.25) is 0 Å². The number of likely N-dealkylation sites (tertiary alicyclic amines) is 1. The van der Waals surface area contributed by atoms with Gasteiger partial charge in [0.1, 0.15) is 12.4 Å². The molecule has 0 amide bonds. The van der Waals surface area contributed by atoms with Crippen LogP contribution in [0.2, 0.25) is 0 Å². The Balaban J connectivity index is 1.32. The second kappa shape index (κ2) is 9.36. The minimum atomic E-state index is 0.618. The maximum Gasteiger partial charge on any atom is 0.120 e. The molecule has 0 radical (unpaired) electrons. The molecular weight excluding hydrogens is 336 g/mol. The zero-order valence-corrected chi connectivity index (χ0v) is 16.1. The first-order chi connectivity index (χ1) is 13.4. The van der Waals surface area contributed by atoms with Crippen LogP contribution in [0.3, 0.4) is 0 Å². The molecule has 2 aromatic rings. The van der Waals surface area contributed by atoms with Gasteiger partial charge in [-0.3, -0.25) is 9.80 Å². The largest absolute Gasteiger partial charge is 0.489 e. The van der Waals surface area contributed by atoms with Crippen LogP contribution in [0.5, 0.6) is 5.75 Å². The van der Waals surface area contributed by atoms with Gasteiger partial charge in [-0.05, 0) is 42.6 Å². The van der Waals surface area contributed by atoms with Gasteiger partial charge >= 0.3 is 0 Å². The van der Waals surface area contributed by atoms with E-state index in [1.54, 1.807) is 0 Å². The van der Waals surface area contributed by atoms with E-state index in [1.807, 2.05) is 6.07 Å². The van der Waals surface area contributed by atoms with Crippen molar-refractivity contribution in [2.24, 2.45) is 0 Å². The van der Waals surface area contributed by atoms with Crippen LogP contribution in [0.15, 0.2) is 54.6 Å². The van der Waals surface area contributed by atoms with Crippen molar-refractivity contribution in [2.75, 3.05) is 39.4 Å². The highest BCUT2D eigenvalue weighted by Crippen LogP contribution is 2.21. The van der Waals surface area contributed by atoms with Crippen molar-refractivity contribution in [3.63, 3.8) is 0 Å². The summed E-state index contributed by atoms with van der Waals surface area (Å²) in [6.45, 7) is 7.92. The summed E-state index contributed by atoms with van der Waals surface area (Å²) >= 11 is 0. The van der Waals surface area contributed by atoms with Crippen molar-refractivity contribution in [1.29, 1.82) is 0 Å². The highest BCUT2D eigenvalue weighted by Gasteiger charge is 2.26. The van der Waals surface area contributed by atoms with Gasteiger partial charge in [-0.15, -0.1) is 0 Å². The molecule has 2 saturated heterocycles. The zero-order valence-electron chi connectivity index (χ0n) is 16.1. The second-order valence-electron chi connectivity index (χ2n) is 7.60. The summed E-state index contributed by atoms with van der Waals surface area (Å²) < 4.78 is 11.5. The number of morpholine rings is 1. The van der Waals surface area contributed by atoms with Gasteiger partial charge in [0.25, 0.3) is 0 Å². The summed E-state index contributed by atoms with van der Waals surface area (Å²) in [6.07, 6.45) is 2.60. The Morgan fingerprint density at radius 1 is 0.926 bits per heavy atom. The minimum Gasteiger partial charge on any atom is -0.489 e. The molecule has 0 aromatic heterocycles. The number of rotatable bonds is 6. The van der Waals surface area contributed by atoms with E-state index >= 15 is 0 Å². The highest BCUT2D eigenvalue weighted by molar-refractivity contribution is 5.29. The lowest BCUT2D eigenvalue weighted by molar-refractivity contribution is -0.00358. The van der Waals surface area contributed by atoms with Crippen LogP contribution in [-0.2, 0) is 17.9 Å². The van der Waals surface area contributed by atoms with Crippen molar-refractivity contribution in [3.05, 3.63) is 65.7 Å². The minimum absolute atomic E-state index is 0.618. The molecule has 2 fully saturated rings. The van der Waals surface area contributed by atoms with E-state index in [4.69, 9.17) is 9.47 Å². The fourth-order valence-corrected chi connectivity index (χ4v) is 4.15. The Kier molecular flexibility index (Phi) is 6.40. The molecule has 144 valence electrons. The number of piperidine rings is 1. The molecule has 0 N–H and O–H groups in total.